The van der Waals surface area contributed by atoms with Crippen molar-refractivity contribution >= 4 is 22.7 Å². The van der Waals surface area contributed by atoms with Crippen molar-refractivity contribution in [3.8, 4) is 0 Å². The Morgan fingerprint density at radius 2 is 1.62 bits per heavy atom. The van der Waals surface area contributed by atoms with E-state index in [9.17, 15) is 14.7 Å². The average Bonchev–Trinajstić information content (AvgIpc) is 2.92. The highest BCUT2D eigenvalue weighted by atomic mass is 16.6. The molecule has 2 saturated heterocycles. The highest BCUT2D eigenvalue weighted by molar-refractivity contribution is 6.00. The van der Waals surface area contributed by atoms with E-state index >= 15 is 0 Å². The molecule has 2 saturated carbocycles. The summed E-state index contributed by atoms with van der Waals surface area (Å²) in [6.45, 7) is 3.72. The monoisotopic (exact) mass is 548 g/mol. The van der Waals surface area contributed by atoms with E-state index in [0.29, 0.717) is 23.8 Å². The number of carboxylic acids is 1. The molecule has 8 heteroatoms. The third kappa shape index (κ3) is 5.56. The van der Waals surface area contributed by atoms with Crippen LogP contribution in [0.15, 0.2) is 34.2 Å². The number of aliphatic carboxylic acids is 1. The second kappa shape index (κ2) is 11.6. The molecule has 2 aliphatic carbocycles. The van der Waals surface area contributed by atoms with Crippen LogP contribution < -0.4 is 5.56 Å². The number of oxime groups is 1. The topological polar surface area (TPSA) is 97.0 Å². The summed E-state index contributed by atoms with van der Waals surface area (Å²) in [5.74, 6) is 0.870. The molecular weight excluding hydrogens is 504 g/mol. The van der Waals surface area contributed by atoms with Crippen LogP contribution in [0.2, 0.25) is 0 Å². The van der Waals surface area contributed by atoms with Gasteiger partial charge in [0, 0.05) is 30.6 Å². The zero-order valence-corrected chi connectivity index (χ0v) is 24.0. The zero-order valence-electron chi connectivity index (χ0n) is 24.0. The number of nitrogens with zero attached hydrogens (tertiary/aromatic N) is 4. The molecule has 8 nitrogen and oxygen atoms in total. The molecular formula is C32H44N4O4. The van der Waals surface area contributed by atoms with Crippen LogP contribution in [-0.4, -0.2) is 55.5 Å². The van der Waals surface area contributed by atoms with Crippen molar-refractivity contribution in [1.82, 2.24) is 14.5 Å². The van der Waals surface area contributed by atoms with Crippen LogP contribution in [-0.2, 0) is 9.63 Å². The SMILES string of the molecule is CC(C)ON=C(CCC(=O)O)c1nc2ccccc2n(C2C[C@H]3CCC[C@@H](C2)N3C2CC3CCCC(C3)C2)c1=O. The van der Waals surface area contributed by atoms with Gasteiger partial charge in [-0.3, -0.25) is 14.5 Å². The Kier molecular flexibility index (Phi) is 7.98. The molecule has 2 aliphatic heterocycles. The molecule has 0 spiro atoms. The Balaban J connectivity index is 1.35. The van der Waals surface area contributed by atoms with Crippen molar-refractivity contribution < 1.29 is 14.7 Å². The van der Waals surface area contributed by atoms with Crippen LogP contribution in [0, 0.1) is 11.8 Å². The van der Waals surface area contributed by atoms with Crippen molar-refractivity contribution in [2.75, 3.05) is 0 Å². The summed E-state index contributed by atoms with van der Waals surface area (Å²) in [4.78, 5) is 38.8. The molecule has 1 N–H and O–H groups in total. The molecule has 216 valence electrons. The Morgan fingerprint density at radius 3 is 2.30 bits per heavy atom. The second-order valence-electron chi connectivity index (χ2n) is 13.0. The summed E-state index contributed by atoms with van der Waals surface area (Å²) in [5.41, 5.74) is 1.93. The first-order chi connectivity index (χ1) is 19.4. The fourth-order valence-electron chi connectivity index (χ4n) is 8.44. The smallest absolute Gasteiger partial charge is 0.303 e. The lowest BCUT2D eigenvalue weighted by molar-refractivity contribution is -0.136. The van der Waals surface area contributed by atoms with Crippen LogP contribution in [0.3, 0.4) is 0 Å². The molecule has 0 radical (unpaired) electrons. The molecule has 5 atom stereocenters. The van der Waals surface area contributed by atoms with Crippen molar-refractivity contribution in [2.24, 2.45) is 17.0 Å². The molecule has 3 unspecified atom stereocenters. The van der Waals surface area contributed by atoms with Gasteiger partial charge in [0.15, 0.2) is 5.69 Å². The van der Waals surface area contributed by atoms with E-state index < -0.39 is 5.97 Å². The molecule has 3 heterocycles. The minimum Gasteiger partial charge on any atom is -0.481 e. The van der Waals surface area contributed by atoms with Crippen molar-refractivity contribution in [3.63, 3.8) is 0 Å². The predicted molar refractivity (Wildman–Crippen MR) is 156 cm³/mol. The third-order valence-electron chi connectivity index (χ3n) is 9.91. The number of rotatable bonds is 8. The summed E-state index contributed by atoms with van der Waals surface area (Å²) in [5, 5.41) is 13.6. The second-order valence-corrected chi connectivity index (χ2v) is 13.0. The third-order valence-corrected chi connectivity index (χ3v) is 9.91. The van der Waals surface area contributed by atoms with E-state index in [1.807, 2.05) is 42.7 Å². The van der Waals surface area contributed by atoms with Crippen LogP contribution in [0.5, 0.6) is 0 Å². The minimum atomic E-state index is -0.939. The van der Waals surface area contributed by atoms with Gasteiger partial charge < -0.3 is 14.5 Å². The number of fused-ring (bicyclic) bond motifs is 5. The maximum atomic E-state index is 14.3. The lowest BCUT2D eigenvalue weighted by Crippen LogP contribution is -2.58. The van der Waals surface area contributed by atoms with Crippen molar-refractivity contribution in [1.29, 1.82) is 0 Å². The number of hydrogen-bond acceptors (Lipinski definition) is 6. The van der Waals surface area contributed by atoms with Gasteiger partial charge in [-0.25, -0.2) is 4.98 Å². The summed E-state index contributed by atoms with van der Waals surface area (Å²) < 4.78 is 1.97. The Labute approximate surface area is 236 Å². The van der Waals surface area contributed by atoms with Gasteiger partial charge in [0.2, 0.25) is 0 Å². The van der Waals surface area contributed by atoms with Gasteiger partial charge in [0.25, 0.3) is 5.56 Å². The maximum Gasteiger partial charge on any atom is 0.303 e. The van der Waals surface area contributed by atoms with E-state index in [0.717, 1.165) is 35.7 Å². The van der Waals surface area contributed by atoms with Gasteiger partial charge in [-0.1, -0.05) is 43.0 Å². The maximum absolute atomic E-state index is 14.3. The number of para-hydroxylation sites is 2. The number of carbonyl (C=O) groups is 1. The van der Waals surface area contributed by atoms with Gasteiger partial charge in [-0.2, -0.15) is 0 Å². The summed E-state index contributed by atoms with van der Waals surface area (Å²) in [6.07, 6.45) is 13.8. The molecule has 2 aromatic rings. The number of carboxylic acid groups (broad SMARTS) is 1. The first kappa shape index (κ1) is 27.4. The van der Waals surface area contributed by atoms with Crippen LogP contribution >= 0.6 is 0 Å². The van der Waals surface area contributed by atoms with Gasteiger partial charge in [-0.15, -0.1) is 0 Å². The van der Waals surface area contributed by atoms with Crippen LogP contribution in [0.25, 0.3) is 11.0 Å². The fraction of sp³-hybridized carbons (Fsp3) is 0.688. The predicted octanol–water partition coefficient (Wildman–Crippen LogP) is 5.92. The van der Waals surface area contributed by atoms with Gasteiger partial charge in [-0.05, 0) is 82.8 Å². The van der Waals surface area contributed by atoms with E-state index in [1.165, 1.54) is 57.8 Å². The first-order valence-corrected chi connectivity index (χ1v) is 15.6. The van der Waals surface area contributed by atoms with Gasteiger partial charge >= 0.3 is 5.97 Å². The van der Waals surface area contributed by atoms with Gasteiger partial charge in [0.05, 0.1) is 17.5 Å². The molecule has 1 aromatic carbocycles. The highest BCUT2D eigenvalue weighted by Crippen LogP contribution is 2.47. The Bertz CT molecular complexity index is 1290. The van der Waals surface area contributed by atoms with Crippen molar-refractivity contribution in [3.05, 3.63) is 40.3 Å². The molecule has 4 bridgehead atoms. The highest BCUT2D eigenvalue weighted by Gasteiger charge is 2.45. The number of piperidine rings is 2. The van der Waals surface area contributed by atoms with E-state index in [2.05, 4.69) is 10.1 Å². The molecule has 6 rings (SSSR count). The zero-order chi connectivity index (χ0) is 27.8. The fourth-order valence-corrected chi connectivity index (χ4v) is 8.44. The quantitative estimate of drug-likeness (QED) is 0.325. The first-order valence-electron chi connectivity index (χ1n) is 15.6. The summed E-state index contributed by atoms with van der Waals surface area (Å²) in [6, 6.07) is 9.63. The number of hydrogen-bond donors (Lipinski definition) is 1. The minimum absolute atomic E-state index is 0.0838. The van der Waals surface area contributed by atoms with Crippen LogP contribution in [0.1, 0.15) is 109 Å². The Morgan fingerprint density at radius 1 is 0.950 bits per heavy atom. The van der Waals surface area contributed by atoms with E-state index in [-0.39, 0.29) is 36.2 Å². The summed E-state index contributed by atoms with van der Waals surface area (Å²) in [7, 11) is 0. The molecule has 4 fully saturated rings. The average molecular weight is 549 g/mol. The lowest BCUT2D eigenvalue weighted by Gasteiger charge is -2.55. The van der Waals surface area contributed by atoms with E-state index in [4.69, 9.17) is 9.82 Å². The molecule has 4 aliphatic rings. The molecule has 0 amide bonds. The molecule has 1 aromatic heterocycles. The van der Waals surface area contributed by atoms with Gasteiger partial charge in [0.1, 0.15) is 11.8 Å². The van der Waals surface area contributed by atoms with Crippen LogP contribution in [0.4, 0.5) is 0 Å². The Hall–Kier alpha value is -2.74. The normalized spacial score (nSPS) is 30.9. The summed E-state index contributed by atoms with van der Waals surface area (Å²) >= 11 is 0. The molecule has 40 heavy (non-hydrogen) atoms. The van der Waals surface area contributed by atoms with E-state index in [1.54, 1.807) is 0 Å². The number of aromatic nitrogens is 2. The van der Waals surface area contributed by atoms with Crippen molar-refractivity contribution in [2.45, 2.75) is 128 Å². The number of benzene rings is 1. The standard InChI is InChI=1S/C32H44N4O4/c1-20(2)40-34-28(13-14-30(37)38)31-32(39)36(29-12-4-3-11-27(29)33-31)26-18-23-9-6-10-24(19-26)35(23)25-16-21-7-5-8-22(15-21)17-25/h3-4,11-12,20-26H,5-10,13-19H2,1-2H3,(H,37,38)/t21?,22?,23-,24+,25?,26?. The lowest BCUT2D eigenvalue weighted by atomic mass is 9.68. The largest absolute Gasteiger partial charge is 0.481 e.